The Morgan fingerprint density at radius 2 is 0.667 bits per heavy atom. The summed E-state index contributed by atoms with van der Waals surface area (Å²) in [6.07, 6.45) is 1.83. The van der Waals surface area contributed by atoms with Crippen molar-refractivity contribution in [3.05, 3.63) is 164 Å². The summed E-state index contributed by atoms with van der Waals surface area (Å²) < 4.78 is 0. The van der Waals surface area contributed by atoms with E-state index in [2.05, 4.69) is 108 Å². The van der Waals surface area contributed by atoms with Gasteiger partial charge in [-0.1, -0.05) is 140 Å². The molecule has 7 rings (SSSR count). The van der Waals surface area contributed by atoms with Crippen molar-refractivity contribution in [2.24, 2.45) is 0 Å². The Morgan fingerprint density at radius 1 is 0.286 bits per heavy atom. The third-order valence-corrected chi connectivity index (χ3v) is 7.41. The summed E-state index contributed by atoms with van der Waals surface area (Å²) in [7, 11) is 0. The van der Waals surface area contributed by atoms with E-state index in [1.165, 1.54) is 16.7 Å². The molecule has 0 saturated heterocycles. The van der Waals surface area contributed by atoms with Gasteiger partial charge < -0.3 is 0 Å². The molecule has 0 N–H and O–H groups in total. The monoisotopic (exact) mass is 537 g/mol. The van der Waals surface area contributed by atoms with Crippen LogP contribution >= 0.6 is 0 Å². The maximum absolute atomic E-state index is 4.96. The van der Waals surface area contributed by atoms with Crippen molar-refractivity contribution >= 4 is 0 Å². The van der Waals surface area contributed by atoms with E-state index in [1.54, 1.807) is 0 Å². The Bertz CT molecular complexity index is 1860. The zero-order chi connectivity index (χ0) is 28.1. The topological polar surface area (TPSA) is 38.7 Å². The molecule has 42 heavy (non-hydrogen) atoms. The molecule has 198 valence electrons. The van der Waals surface area contributed by atoms with Gasteiger partial charge in [-0.3, -0.25) is 4.98 Å². The summed E-state index contributed by atoms with van der Waals surface area (Å²) >= 11 is 0. The third-order valence-electron chi connectivity index (χ3n) is 7.41. The van der Waals surface area contributed by atoms with Crippen LogP contribution < -0.4 is 0 Å². The SMILES string of the molecule is c1ccc(-c2cc(-c3ccc(-c4ccc(-c5ccc(-c6ccccn6)cc5)cc4)cc3)nc(-c3ccccc3)n2)cc1. The molecule has 0 aliphatic heterocycles. The van der Waals surface area contributed by atoms with E-state index in [9.17, 15) is 0 Å². The lowest BCUT2D eigenvalue weighted by Crippen LogP contribution is -1.95. The minimum Gasteiger partial charge on any atom is -0.256 e. The van der Waals surface area contributed by atoms with Crippen LogP contribution in [-0.2, 0) is 0 Å². The fourth-order valence-corrected chi connectivity index (χ4v) is 5.12. The van der Waals surface area contributed by atoms with Gasteiger partial charge in [0.2, 0.25) is 0 Å². The molecule has 0 bridgehead atoms. The second-order valence-electron chi connectivity index (χ2n) is 10.1. The maximum Gasteiger partial charge on any atom is 0.160 e. The summed E-state index contributed by atoms with van der Waals surface area (Å²) in [6.45, 7) is 0. The van der Waals surface area contributed by atoms with E-state index in [0.717, 1.165) is 50.7 Å². The highest BCUT2D eigenvalue weighted by Crippen LogP contribution is 2.31. The lowest BCUT2D eigenvalue weighted by Gasteiger charge is -2.10. The van der Waals surface area contributed by atoms with Crippen LogP contribution in [-0.4, -0.2) is 15.0 Å². The number of rotatable bonds is 6. The maximum atomic E-state index is 4.96. The second kappa shape index (κ2) is 11.4. The van der Waals surface area contributed by atoms with Crippen LogP contribution in [0, 0.1) is 0 Å². The average molecular weight is 538 g/mol. The standard InChI is InChI=1S/C39H27N3/c1-3-9-32(10-4-1)37-27-38(42-39(41-37)35-11-5-2-6-12-35)34-24-20-31(21-25-34)29-16-14-28(15-17-29)30-18-22-33(23-19-30)36-13-7-8-26-40-36/h1-27H. The normalized spacial score (nSPS) is 10.9. The molecule has 0 saturated carbocycles. The van der Waals surface area contributed by atoms with Gasteiger partial charge in [0.05, 0.1) is 17.1 Å². The zero-order valence-corrected chi connectivity index (χ0v) is 22.9. The molecule has 0 unspecified atom stereocenters. The lowest BCUT2D eigenvalue weighted by molar-refractivity contribution is 1.18. The Kier molecular flexibility index (Phi) is 6.89. The van der Waals surface area contributed by atoms with E-state index in [0.29, 0.717) is 0 Å². The van der Waals surface area contributed by atoms with Crippen LogP contribution in [0.25, 0.3) is 67.4 Å². The molecule has 3 nitrogen and oxygen atoms in total. The second-order valence-corrected chi connectivity index (χ2v) is 10.1. The first kappa shape index (κ1) is 25.3. The summed E-state index contributed by atoms with van der Waals surface area (Å²) in [4.78, 5) is 14.3. The van der Waals surface area contributed by atoms with Crippen LogP contribution in [0.15, 0.2) is 164 Å². The van der Waals surface area contributed by atoms with E-state index in [-0.39, 0.29) is 0 Å². The largest absolute Gasteiger partial charge is 0.256 e. The number of benzene rings is 5. The number of pyridine rings is 1. The molecule has 0 spiro atoms. The van der Waals surface area contributed by atoms with Gasteiger partial charge in [-0.15, -0.1) is 0 Å². The van der Waals surface area contributed by atoms with Gasteiger partial charge in [0.1, 0.15) is 0 Å². The van der Waals surface area contributed by atoms with Crippen LogP contribution in [0.1, 0.15) is 0 Å². The van der Waals surface area contributed by atoms with Gasteiger partial charge in [-0.05, 0) is 40.5 Å². The van der Waals surface area contributed by atoms with Crippen molar-refractivity contribution in [2.45, 2.75) is 0 Å². The van der Waals surface area contributed by atoms with E-state index < -0.39 is 0 Å². The first-order chi connectivity index (χ1) is 20.8. The van der Waals surface area contributed by atoms with Crippen molar-refractivity contribution in [1.29, 1.82) is 0 Å². The molecule has 2 heterocycles. The Labute approximate surface area is 245 Å². The van der Waals surface area contributed by atoms with Gasteiger partial charge in [-0.2, -0.15) is 0 Å². The number of hydrogen-bond acceptors (Lipinski definition) is 3. The average Bonchev–Trinajstić information content (AvgIpc) is 3.09. The van der Waals surface area contributed by atoms with Crippen molar-refractivity contribution < 1.29 is 0 Å². The molecule has 5 aromatic carbocycles. The van der Waals surface area contributed by atoms with Crippen LogP contribution in [0.3, 0.4) is 0 Å². The van der Waals surface area contributed by atoms with Gasteiger partial charge in [0.25, 0.3) is 0 Å². The molecule has 0 aliphatic rings. The summed E-state index contributed by atoms with van der Waals surface area (Å²) in [5, 5.41) is 0. The predicted octanol–water partition coefficient (Wildman–Crippen LogP) is 9.87. The fraction of sp³-hybridized carbons (Fsp3) is 0. The van der Waals surface area contributed by atoms with Crippen molar-refractivity contribution in [2.75, 3.05) is 0 Å². The van der Waals surface area contributed by atoms with Crippen LogP contribution in [0.5, 0.6) is 0 Å². The number of nitrogens with zero attached hydrogens (tertiary/aromatic N) is 3. The molecular formula is C39H27N3. The molecule has 0 radical (unpaired) electrons. The highest BCUT2D eigenvalue weighted by atomic mass is 14.9. The first-order valence-electron chi connectivity index (χ1n) is 14.0. The molecular weight excluding hydrogens is 510 g/mol. The van der Waals surface area contributed by atoms with Crippen molar-refractivity contribution in [3.8, 4) is 67.4 Å². The number of aromatic nitrogens is 3. The zero-order valence-electron chi connectivity index (χ0n) is 22.9. The Hall–Kier alpha value is -5.67. The molecule has 0 aliphatic carbocycles. The molecule has 0 atom stereocenters. The van der Waals surface area contributed by atoms with Gasteiger partial charge >= 0.3 is 0 Å². The smallest absolute Gasteiger partial charge is 0.160 e. The molecule has 3 heteroatoms. The Balaban J connectivity index is 1.15. The van der Waals surface area contributed by atoms with Gasteiger partial charge in [-0.25, -0.2) is 9.97 Å². The number of hydrogen-bond donors (Lipinski definition) is 0. The summed E-state index contributed by atoms with van der Waals surface area (Å²) in [6, 6.07) is 54.4. The lowest BCUT2D eigenvalue weighted by atomic mass is 9.98. The highest BCUT2D eigenvalue weighted by molar-refractivity contribution is 5.76. The van der Waals surface area contributed by atoms with Gasteiger partial charge in [0, 0.05) is 28.5 Å². The third kappa shape index (κ3) is 5.36. The molecule has 0 fully saturated rings. The summed E-state index contributed by atoms with van der Waals surface area (Å²) in [5.74, 6) is 0.722. The minimum absolute atomic E-state index is 0.722. The first-order valence-corrected chi connectivity index (χ1v) is 14.0. The van der Waals surface area contributed by atoms with Crippen molar-refractivity contribution in [3.63, 3.8) is 0 Å². The van der Waals surface area contributed by atoms with Gasteiger partial charge in [0.15, 0.2) is 5.82 Å². The van der Waals surface area contributed by atoms with E-state index in [4.69, 9.17) is 9.97 Å². The highest BCUT2D eigenvalue weighted by Gasteiger charge is 2.11. The predicted molar refractivity (Wildman–Crippen MR) is 172 cm³/mol. The van der Waals surface area contributed by atoms with Crippen LogP contribution in [0.4, 0.5) is 0 Å². The molecule has 0 amide bonds. The van der Waals surface area contributed by atoms with Crippen molar-refractivity contribution in [1.82, 2.24) is 15.0 Å². The van der Waals surface area contributed by atoms with E-state index >= 15 is 0 Å². The molecule has 2 aromatic heterocycles. The van der Waals surface area contributed by atoms with Crippen LogP contribution in [0.2, 0.25) is 0 Å². The fourth-order valence-electron chi connectivity index (χ4n) is 5.12. The van der Waals surface area contributed by atoms with E-state index in [1.807, 2.05) is 60.8 Å². The minimum atomic E-state index is 0.722. The molecule has 7 aromatic rings. The Morgan fingerprint density at radius 3 is 1.12 bits per heavy atom. The summed E-state index contributed by atoms with van der Waals surface area (Å²) in [5.41, 5.74) is 11.7. The quantitative estimate of drug-likeness (QED) is 0.212.